The predicted molar refractivity (Wildman–Crippen MR) is 72.2 cm³/mol. The molecule has 0 radical (unpaired) electrons. The van der Waals surface area contributed by atoms with Gasteiger partial charge in [-0.3, -0.25) is 0 Å². The normalized spacial score (nSPS) is 19.2. The van der Waals surface area contributed by atoms with Crippen molar-refractivity contribution in [2.45, 2.75) is 52.0 Å². The number of fused-ring (bicyclic) bond motifs is 1. The molecule has 1 nitrogen and oxygen atoms in total. The minimum atomic E-state index is 0.556. The standard InChI is InChI=1S/C14H23NS/c1-4-10(2)14(15-3)13-9-11-7-5-6-8-12(11)16-13/h9-10,14-15H,4-8H2,1-3H3. The molecule has 0 aliphatic heterocycles. The largest absolute Gasteiger partial charge is 0.312 e. The fourth-order valence-electron chi connectivity index (χ4n) is 2.61. The van der Waals surface area contributed by atoms with Crippen LogP contribution in [0, 0.1) is 5.92 Å². The molecule has 0 bridgehead atoms. The summed E-state index contributed by atoms with van der Waals surface area (Å²) >= 11 is 2.05. The van der Waals surface area contributed by atoms with Crippen molar-refractivity contribution in [2.24, 2.45) is 5.92 Å². The van der Waals surface area contributed by atoms with E-state index >= 15 is 0 Å². The van der Waals surface area contributed by atoms with E-state index in [4.69, 9.17) is 0 Å². The van der Waals surface area contributed by atoms with Gasteiger partial charge >= 0.3 is 0 Å². The SMILES string of the molecule is CCC(C)C(NC)c1cc2c(s1)CCCC2. The van der Waals surface area contributed by atoms with Crippen LogP contribution in [0.25, 0.3) is 0 Å². The summed E-state index contributed by atoms with van der Waals surface area (Å²) in [7, 11) is 2.09. The van der Waals surface area contributed by atoms with Crippen molar-refractivity contribution in [1.29, 1.82) is 0 Å². The van der Waals surface area contributed by atoms with Crippen LogP contribution in [-0.4, -0.2) is 7.05 Å². The average Bonchev–Trinajstić information content (AvgIpc) is 2.72. The molecular weight excluding hydrogens is 214 g/mol. The van der Waals surface area contributed by atoms with E-state index in [0.717, 1.165) is 5.92 Å². The molecule has 2 rings (SSSR count). The maximum atomic E-state index is 3.49. The number of hydrogen-bond acceptors (Lipinski definition) is 2. The maximum absolute atomic E-state index is 3.49. The maximum Gasteiger partial charge on any atom is 0.0438 e. The first kappa shape index (κ1) is 12.1. The van der Waals surface area contributed by atoms with Gasteiger partial charge in [-0.15, -0.1) is 11.3 Å². The van der Waals surface area contributed by atoms with Crippen molar-refractivity contribution in [1.82, 2.24) is 5.32 Å². The van der Waals surface area contributed by atoms with Crippen LogP contribution in [0.3, 0.4) is 0 Å². The lowest BCUT2D eigenvalue weighted by Crippen LogP contribution is -2.22. The van der Waals surface area contributed by atoms with Crippen LogP contribution >= 0.6 is 11.3 Å². The van der Waals surface area contributed by atoms with Gasteiger partial charge in [-0.2, -0.15) is 0 Å². The van der Waals surface area contributed by atoms with Crippen molar-refractivity contribution < 1.29 is 0 Å². The quantitative estimate of drug-likeness (QED) is 0.836. The van der Waals surface area contributed by atoms with Gasteiger partial charge in [-0.25, -0.2) is 0 Å². The smallest absolute Gasteiger partial charge is 0.0438 e. The van der Waals surface area contributed by atoms with Crippen molar-refractivity contribution in [3.8, 4) is 0 Å². The van der Waals surface area contributed by atoms with Gasteiger partial charge in [0.2, 0.25) is 0 Å². The zero-order valence-electron chi connectivity index (χ0n) is 10.7. The van der Waals surface area contributed by atoms with E-state index in [9.17, 15) is 0 Å². The van der Waals surface area contributed by atoms with Gasteiger partial charge in [0.1, 0.15) is 0 Å². The highest BCUT2D eigenvalue weighted by Crippen LogP contribution is 2.35. The van der Waals surface area contributed by atoms with Crippen molar-refractivity contribution in [2.75, 3.05) is 7.05 Å². The zero-order chi connectivity index (χ0) is 11.5. The summed E-state index contributed by atoms with van der Waals surface area (Å²) in [4.78, 5) is 3.22. The van der Waals surface area contributed by atoms with E-state index < -0.39 is 0 Å². The van der Waals surface area contributed by atoms with Gasteiger partial charge in [-0.1, -0.05) is 20.3 Å². The Bertz CT molecular complexity index is 319. The minimum absolute atomic E-state index is 0.556. The molecule has 2 heteroatoms. The van der Waals surface area contributed by atoms with Gasteiger partial charge in [0, 0.05) is 15.8 Å². The lowest BCUT2D eigenvalue weighted by molar-refractivity contribution is 0.406. The topological polar surface area (TPSA) is 12.0 Å². The molecule has 0 fully saturated rings. The molecular formula is C14H23NS. The molecule has 16 heavy (non-hydrogen) atoms. The first-order valence-corrected chi connectivity index (χ1v) is 7.36. The lowest BCUT2D eigenvalue weighted by Gasteiger charge is -2.21. The van der Waals surface area contributed by atoms with E-state index in [-0.39, 0.29) is 0 Å². The summed E-state index contributed by atoms with van der Waals surface area (Å²) in [6.45, 7) is 4.63. The highest BCUT2D eigenvalue weighted by molar-refractivity contribution is 7.12. The van der Waals surface area contributed by atoms with Crippen LogP contribution in [0.5, 0.6) is 0 Å². The molecule has 1 aromatic rings. The molecule has 0 saturated carbocycles. The van der Waals surface area contributed by atoms with Crippen molar-refractivity contribution in [3.63, 3.8) is 0 Å². The van der Waals surface area contributed by atoms with Crippen LogP contribution in [0.2, 0.25) is 0 Å². The number of hydrogen-bond donors (Lipinski definition) is 1. The molecule has 1 heterocycles. The summed E-state index contributed by atoms with van der Waals surface area (Å²) in [6.07, 6.45) is 6.64. The fraction of sp³-hybridized carbons (Fsp3) is 0.714. The summed E-state index contributed by atoms with van der Waals surface area (Å²) in [6, 6.07) is 3.02. The second-order valence-corrected chi connectivity index (χ2v) is 6.12. The van der Waals surface area contributed by atoms with Gasteiger partial charge in [-0.05, 0) is 50.3 Å². The summed E-state index contributed by atoms with van der Waals surface area (Å²) in [5.41, 5.74) is 1.63. The van der Waals surface area contributed by atoms with Gasteiger partial charge in [0.05, 0.1) is 0 Å². The summed E-state index contributed by atoms with van der Waals surface area (Å²) in [5.74, 6) is 0.727. The Balaban J connectivity index is 2.21. The molecule has 0 amide bonds. The van der Waals surface area contributed by atoms with Crippen molar-refractivity contribution in [3.05, 3.63) is 21.4 Å². The number of thiophene rings is 1. The monoisotopic (exact) mass is 237 g/mol. The van der Waals surface area contributed by atoms with Crippen LogP contribution < -0.4 is 5.32 Å². The van der Waals surface area contributed by atoms with Gasteiger partial charge < -0.3 is 5.32 Å². The van der Waals surface area contributed by atoms with E-state index in [2.05, 4.69) is 32.3 Å². The number of nitrogens with one attached hydrogen (secondary N) is 1. The molecule has 2 atom stereocenters. The van der Waals surface area contributed by atoms with Crippen LogP contribution in [0.1, 0.15) is 54.5 Å². The summed E-state index contributed by atoms with van der Waals surface area (Å²) in [5, 5.41) is 3.49. The highest BCUT2D eigenvalue weighted by Gasteiger charge is 2.21. The highest BCUT2D eigenvalue weighted by atomic mass is 32.1. The average molecular weight is 237 g/mol. The van der Waals surface area contributed by atoms with E-state index in [1.165, 1.54) is 32.1 Å². The molecule has 1 N–H and O–H groups in total. The molecule has 1 aliphatic carbocycles. The molecule has 0 spiro atoms. The second kappa shape index (κ2) is 5.33. The third-order valence-electron chi connectivity index (χ3n) is 3.85. The first-order chi connectivity index (χ1) is 7.76. The molecule has 90 valence electrons. The Morgan fingerprint density at radius 2 is 2.12 bits per heavy atom. The Hall–Kier alpha value is -0.340. The first-order valence-electron chi connectivity index (χ1n) is 6.55. The third kappa shape index (κ3) is 2.33. The van der Waals surface area contributed by atoms with E-state index in [1.54, 1.807) is 15.3 Å². The van der Waals surface area contributed by atoms with Gasteiger partial charge in [0.25, 0.3) is 0 Å². The molecule has 1 aromatic heterocycles. The van der Waals surface area contributed by atoms with Crippen molar-refractivity contribution >= 4 is 11.3 Å². The second-order valence-electron chi connectivity index (χ2n) is 4.96. The Morgan fingerprint density at radius 1 is 1.38 bits per heavy atom. The summed E-state index contributed by atoms with van der Waals surface area (Å²) < 4.78 is 0. The molecule has 2 unspecified atom stereocenters. The Morgan fingerprint density at radius 3 is 2.75 bits per heavy atom. The predicted octanol–water partition coefficient (Wildman–Crippen LogP) is 3.93. The van der Waals surface area contributed by atoms with E-state index in [1.807, 2.05) is 11.3 Å². The molecule has 0 saturated heterocycles. The fourth-order valence-corrected chi connectivity index (χ4v) is 4.11. The molecule has 1 aliphatic rings. The lowest BCUT2D eigenvalue weighted by atomic mass is 9.95. The number of aryl methyl sites for hydroxylation is 2. The van der Waals surface area contributed by atoms with Crippen LogP contribution in [-0.2, 0) is 12.8 Å². The minimum Gasteiger partial charge on any atom is -0.312 e. The van der Waals surface area contributed by atoms with Gasteiger partial charge in [0.15, 0.2) is 0 Å². The zero-order valence-corrected chi connectivity index (χ0v) is 11.5. The van der Waals surface area contributed by atoms with Crippen LogP contribution in [0.15, 0.2) is 6.07 Å². The van der Waals surface area contributed by atoms with E-state index in [0.29, 0.717) is 6.04 Å². The Labute approximate surface area is 103 Å². The Kier molecular flexibility index (Phi) is 4.04. The number of rotatable bonds is 4. The van der Waals surface area contributed by atoms with Crippen LogP contribution in [0.4, 0.5) is 0 Å². The molecule has 0 aromatic carbocycles. The third-order valence-corrected chi connectivity index (χ3v) is 5.17.